The SMILES string of the molecule is Cc1ccc(Cl)cc1Nc1cc(C(=O)Nc2cccc(C#N)c2)ccn1. The Morgan fingerprint density at radius 3 is 2.81 bits per heavy atom. The third-order valence-electron chi connectivity index (χ3n) is 3.73. The molecule has 5 nitrogen and oxygen atoms in total. The van der Waals surface area contributed by atoms with Crippen LogP contribution < -0.4 is 10.6 Å². The Bertz CT molecular complexity index is 1010. The van der Waals surface area contributed by atoms with Crippen LogP contribution in [0.5, 0.6) is 0 Å². The number of pyridine rings is 1. The molecule has 1 heterocycles. The highest BCUT2D eigenvalue weighted by molar-refractivity contribution is 6.30. The summed E-state index contributed by atoms with van der Waals surface area (Å²) in [6, 6.07) is 17.6. The van der Waals surface area contributed by atoms with Gasteiger partial charge in [0.05, 0.1) is 11.6 Å². The summed E-state index contributed by atoms with van der Waals surface area (Å²) >= 11 is 6.03. The summed E-state index contributed by atoms with van der Waals surface area (Å²) < 4.78 is 0. The second kappa shape index (κ2) is 7.68. The summed E-state index contributed by atoms with van der Waals surface area (Å²) in [4.78, 5) is 16.7. The van der Waals surface area contributed by atoms with E-state index in [1.807, 2.05) is 25.1 Å². The standard InChI is InChI=1S/C20H15ClN4O/c1-13-5-6-16(21)11-18(13)25-19-10-15(7-8-23-19)20(26)24-17-4-2-3-14(9-17)12-22/h2-11H,1H3,(H,23,25)(H,24,26). The molecule has 0 saturated heterocycles. The van der Waals surface area contributed by atoms with Crippen LogP contribution in [0, 0.1) is 18.3 Å². The molecule has 0 atom stereocenters. The third-order valence-corrected chi connectivity index (χ3v) is 3.97. The van der Waals surface area contributed by atoms with Gasteiger partial charge in [-0.1, -0.05) is 23.7 Å². The van der Waals surface area contributed by atoms with Gasteiger partial charge >= 0.3 is 0 Å². The van der Waals surface area contributed by atoms with Crippen molar-refractivity contribution in [3.8, 4) is 6.07 Å². The number of halogens is 1. The molecule has 1 aromatic heterocycles. The Kier molecular flexibility index (Phi) is 5.16. The number of nitrogens with zero attached hydrogens (tertiary/aromatic N) is 2. The second-order valence-corrected chi connectivity index (χ2v) is 6.10. The Hall–Kier alpha value is -3.36. The molecule has 0 aliphatic rings. The second-order valence-electron chi connectivity index (χ2n) is 5.66. The molecule has 2 N–H and O–H groups in total. The van der Waals surface area contributed by atoms with Gasteiger partial charge in [-0.15, -0.1) is 0 Å². The minimum absolute atomic E-state index is 0.284. The molecular formula is C20H15ClN4O. The van der Waals surface area contributed by atoms with Gasteiger partial charge < -0.3 is 10.6 Å². The topological polar surface area (TPSA) is 77.8 Å². The molecule has 1 amide bonds. The number of rotatable bonds is 4. The van der Waals surface area contributed by atoms with Crippen LogP contribution in [0.15, 0.2) is 60.8 Å². The molecule has 0 radical (unpaired) electrons. The molecule has 0 fully saturated rings. The highest BCUT2D eigenvalue weighted by Gasteiger charge is 2.09. The molecule has 0 spiro atoms. The molecule has 26 heavy (non-hydrogen) atoms. The maximum absolute atomic E-state index is 12.5. The lowest BCUT2D eigenvalue weighted by atomic mass is 10.2. The smallest absolute Gasteiger partial charge is 0.255 e. The number of aryl methyl sites for hydroxylation is 1. The van der Waals surface area contributed by atoms with E-state index in [2.05, 4.69) is 15.6 Å². The molecule has 0 bridgehead atoms. The van der Waals surface area contributed by atoms with E-state index in [0.717, 1.165) is 11.3 Å². The van der Waals surface area contributed by atoms with Crippen LogP contribution in [-0.4, -0.2) is 10.9 Å². The van der Waals surface area contributed by atoms with Gasteiger partial charge in [0.15, 0.2) is 0 Å². The molecule has 128 valence electrons. The predicted molar refractivity (Wildman–Crippen MR) is 103 cm³/mol. The molecule has 0 saturated carbocycles. The van der Waals surface area contributed by atoms with Crippen LogP contribution in [0.25, 0.3) is 0 Å². The van der Waals surface area contributed by atoms with Crippen molar-refractivity contribution in [1.82, 2.24) is 4.98 Å². The van der Waals surface area contributed by atoms with Crippen LogP contribution in [0.3, 0.4) is 0 Å². The average Bonchev–Trinajstić information content (AvgIpc) is 2.65. The lowest BCUT2D eigenvalue weighted by molar-refractivity contribution is 0.102. The van der Waals surface area contributed by atoms with Crippen molar-refractivity contribution >= 4 is 34.7 Å². The first kappa shape index (κ1) is 17.5. The van der Waals surface area contributed by atoms with Crippen molar-refractivity contribution < 1.29 is 4.79 Å². The van der Waals surface area contributed by atoms with Gasteiger partial charge in [0, 0.05) is 28.2 Å². The van der Waals surface area contributed by atoms with Gasteiger partial charge in [-0.3, -0.25) is 4.79 Å². The van der Waals surface area contributed by atoms with Crippen LogP contribution in [0.4, 0.5) is 17.2 Å². The summed E-state index contributed by atoms with van der Waals surface area (Å²) in [6.07, 6.45) is 1.56. The Morgan fingerprint density at radius 2 is 2.00 bits per heavy atom. The fourth-order valence-electron chi connectivity index (χ4n) is 2.38. The zero-order chi connectivity index (χ0) is 18.5. The Labute approximate surface area is 156 Å². The number of amides is 1. The van der Waals surface area contributed by atoms with E-state index in [0.29, 0.717) is 27.7 Å². The van der Waals surface area contributed by atoms with Crippen molar-refractivity contribution in [3.05, 3.63) is 82.5 Å². The van der Waals surface area contributed by atoms with E-state index in [1.165, 1.54) is 0 Å². The Morgan fingerprint density at radius 1 is 1.15 bits per heavy atom. The van der Waals surface area contributed by atoms with E-state index >= 15 is 0 Å². The minimum atomic E-state index is -0.284. The average molecular weight is 363 g/mol. The van der Waals surface area contributed by atoms with Crippen molar-refractivity contribution in [1.29, 1.82) is 5.26 Å². The molecule has 3 rings (SSSR count). The Balaban J connectivity index is 1.79. The summed E-state index contributed by atoms with van der Waals surface area (Å²) in [7, 11) is 0. The number of nitrogens with one attached hydrogen (secondary N) is 2. The number of carbonyl (C=O) groups excluding carboxylic acids is 1. The largest absolute Gasteiger partial charge is 0.340 e. The molecular weight excluding hydrogens is 348 g/mol. The molecule has 6 heteroatoms. The van der Waals surface area contributed by atoms with E-state index < -0.39 is 0 Å². The quantitative estimate of drug-likeness (QED) is 0.691. The van der Waals surface area contributed by atoms with E-state index in [-0.39, 0.29) is 5.91 Å². The number of aromatic nitrogens is 1. The third kappa shape index (κ3) is 4.18. The first-order chi connectivity index (χ1) is 12.5. The van der Waals surface area contributed by atoms with Crippen molar-refractivity contribution in [3.63, 3.8) is 0 Å². The molecule has 0 aliphatic heterocycles. The normalized spacial score (nSPS) is 10.0. The summed E-state index contributed by atoms with van der Waals surface area (Å²) in [5, 5.41) is 15.5. The van der Waals surface area contributed by atoms with E-state index in [4.69, 9.17) is 16.9 Å². The van der Waals surface area contributed by atoms with Crippen LogP contribution >= 0.6 is 11.6 Å². The number of hydrogen-bond donors (Lipinski definition) is 2. The van der Waals surface area contributed by atoms with Crippen molar-refractivity contribution in [2.24, 2.45) is 0 Å². The van der Waals surface area contributed by atoms with Crippen LogP contribution in [0.2, 0.25) is 5.02 Å². The summed E-state index contributed by atoms with van der Waals surface area (Å²) in [5.74, 6) is 0.252. The van der Waals surface area contributed by atoms with Crippen molar-refractivity contribution in [2.75, 3.05) is 10.6 Å². The summed E-state index contributed by atoms with van der Waals surface area (Å²) in [5.41, 5.74) is 3.33. The van der Waals surface area contributed by atoms with Gasteiger partial charge in [0.1, 0.15) is 5.82 Å². The number of nitriles is 1. The molecule has 3 aromatic rings. The van der Waals surface area contributed by atoms with Gasteiger partial charge in [-0.2, -0.15) is 5.26 Å². The molecule has 0 aliphatic carbocycles. The first-order valence-corrected chi connectivity index (χ1v) is 8.24. The fraction of sp³-hybridized carbons (Fsp3) is 0.0500. The minimum Gasteiger partial charge on any atom is -0.340 e. The molecule has 2 aromatic carbocycles. The number of benzene rings is 2. The maximum Gasteiger partial charge on any atom is 0.255 e. The number of hydrogen-bond acceptors (Lipinski definition) is 4. The highest BCUT2D eigenvalue weighted by atomic mass is 35.5. The van der Waals surface area contributed by atoms with Crippen LogP contribution in [-0.2, 0) is 0 Å². The van der Waals surface area contributed by atoms with Gasteiger partial charge in [0.2, 0.25) is 0 Å². The first-order valence-electron chi connectivity index (χ1n) is 7.86. The zero-order valence-corrected chi connectivity index (χ0v) is 14.7. The summed E-state index contributed by atoms with van der Waals surface area (Å²) in [6.45, 7) is 1.96. The maximum atomic E-state index is 12.5. The van der Waals surface area contributed by atoms with Crippen LogP contribution in [0.1, 0.15) is 21.5 Å². The zero-order valence-electron chi connectivity index (χ0n) is 14.0. The van der Waals surface area contributed by atoms with Gasteiger partial charge in [-0.25, -0.2) is 4.98 Å². The fourth-order valence-corrected chi connectivity index (χ4v) is 2.55. The molecule has 0 unspecified atom stereocenters. The lowest BCUT2D eigenvalue weighted by Gasteiger charge is -2.11. The van der Waals surface area contributed by atoms with E-state index in [9.17, 15) is 4.79 Å². The van der Waals surface area contributed by atoms with Gasteiger partial charge in [-0.05, 0) is 55.0 Å². The van der Waals surface area contributed by atoms with Crippen molar-refractivity contribution in [2.45, 2.75) is 6.92 Å². The highest BCUT2D eigenvalue weighted by Crippen LogP contribution is 2.23. The number of carbonyl (C=O) groups is 1. The van der Waals surface area contributed by atoms with E-state index in [1.54, 1.807) is 48.7 Å². The lowest BCUT2D eigenvalue weighted by Crippen LogP contribution is -2.12. The monoisotopic (exact) mass is 362 g/mol. The number of anilines is 3. The predicted octanol–water partition coefficient (Wildman–Crippen LogP) is 4.91. The van der Waals surface area contributed by atoms with Gasteiger partial charge in [0.25, 0.3) is 5.91 Å².